The summed E-state index contributed by atoms with van der Waals surface area (Å²) in [7, 11) is 0. The molecule has 0 saturated carbocycles. The van der Waals surface area contributed by atoms with Gasteiger partial charge in [0.2, 0.25) is 0 Å². The standard InChI is InChI=1S/C62H54N2/c1-61(2,3)59-51-37-35-45(63(55-31-15-23-41-19-7-11-27-47(41)55)56-32-16-24-42-20-8-12-28-48(42)56)39-53(51)60(62(4,5)6)54-40-46(36-38-52(54)59)64(57-33-17-25-43-21-9-13-29-49(43)57)58-34-18-26-44-22-10-14-30-50(44)58/h7-13,15-29,31-40H,14,30H2,1-6H3. The smallest absolute Gasteiger partial charge is 0.0540 e. The highest BCUT2D eigenvalue weighted by Crippen LogP contribution is 2.50. The normalized spacial score (nSPS) is 13.0. The summed E-state index contributed by atoms with van der Waals surface area (Å²) in [5.74, 6) is 0. The Morgan fingerprint density at radius 2 is 0.750 bits per heavy atom. The van der Waals surface area contributed by atoms with Gasteiger partial charge in [-0.25, -0.2) is 0 Å². The molecule has 1 aliphatic rings. The van der Waals surface area contributed by atoms with E-state index in [-0.39, 0.29) is 10.8 Å². The highest BCUT2D eigenvalue weighted by Gasteiger charge is 2.30. The van der Waals surface area contributed by atoms with Gasteiger partial charge in [-0.1, -0.05) is 187 Å². The first-order valence-corrected chi connectivity index (χ1v) is 22.9. The lowest BCUT2D eigenvalue weighted by Crippen LogP contribution is -2.19. The molecule has 0 fully saturated rings. The summed E-state index contributed by atoms with van der Waals surface area (Å²) in [4.78, 5) is 5.05. The molecule has 0 amide bonds. The molecule has 0 spiro atoms. The molecule has 312 valence electrons. The number of benzene rings is 10. The minimum Gasteiger partial charge on any atom is -0.310 e. The molecule has 2 heteroatoms. The Labute approximate surface area is 377 Å². The van der Waals surface area contributed by atoms with Crippen LogP contribution in [0.4, 0.5) is 34.1 Å². The van der Waals surface area contributed by atoms with E-state index >= 15 is 0 Å². The molecule has 0 aliphatic heterocycles. The molecule has 0 unspecified atom stereocenters. The van der Waals surface area contributed by atoms with Crippen LogP contribution in [0.2, 0.25) is 0 Å². The lowest BCUT2D eigenvalue weighted by Gasteiger charge is -2.34. The fraction of sp³-hybridized carbons (Fsp3) is 0.161. The lowest BCUT2D eigenvalue weighted by atomic mass is 9.74. The van der Waals surface area contributed by atoms with E-state index in [1.807, 2.05) is 0 Å². The van der Waals surface area contributed by atoms with Crippen molar-refractivity contribution in [2.45, 2.75) is 65.2 Å². The first kappa shape index (κ1) is 39.7. The van der Waals surface area contributed by atoms with Gasteiger partial charge in [-0.3, -0.25) is 0 Å². The Bertz CT molecular complexity index is 3390. The number of allylic oxidation sites excluding steroid dienone is 1. The van der Waals surface area contributed by atoms with Crippen molar-refractivity contribution in [3.05, 3.63) is 210 Å². The van der Waals surface area contributed by atoms with Crippen molar-refractivity contribution in [3.8, 4) is 0 Å². The fourth-order valence-corrected chi connectivity index (χ4v) is 10.8. The quantitative estimate of drug-likeness (QED) is 0.154. The second kappa shape index (κ2) is 15.3. The number of hydrogen-bond acceptors (Lipinski definition) is 2. The predicted molar refractivity (Wildman–Crippen MR) is 278 cm³/mol. The highest BCUT2D eigenvalue weighted by molar-refractivity contribution is 6.12. The number of rotatable bonds is 6. The maximum Gasteiger partial charge on any atom is 0.0540 e. The molecule has 2 nitrogen and oxygen atoms in total. The molecular weight excluding hydrogens is 773 g/mol. The van der Waals surface area contributed by atoms with Crippen molar-refractivity contribution in [3.63, 3.8) is 0 Å². The molecule has 0 aromatic heterocycles. The maximum absolute atomic E-state index is 2.55. The van der Waals surface area contributed by atoms with Crippen molar-refractivity contribution in [1.29, 1.82) is 0 Å². The molecule has 11 rings (SSSR count). The Morgan fingerprint density at radius 1 is 0.359 bits per heavy atom. The molecule has 0 heterocycles. The molecule has 1 aliphatic carbocycles. The second-order valence-electron chi connectivity index (χ2n) is 19.7. The lowest BCUT2D eigenvalue weighted by molar-refractivity contribution is 0.593. The Kier molecular flexibility index (Phi) is 9.47. The van der Waals surface area contributed by atoms with Gasteiger partial charge in [0.1, 0.15) is 0 Å². The van der Waals surface area contributed by atoms with E-state index in [1.54, 1.807) is 0 Å². The number of anilines is 6. The van der Waals surface area contributed by atoms with Crippen LogP contribution in [0.1, 0.15) is 70.2 Å². The van der Waals surface area contributed by atoms with Crippen LogP contribution in [-0.2, 0) is 17.3 Å². The van der Waals surface area contributed by atoms with E-state index in [9.17, 15) is 0 Å². The molecular formula is C62H54N2. The summed E-state index contributed by atoms with van der Waals surface area (Å²) in [6.45, 7) is 14.3. The molecule has 0 saturated heterocycles. The van der Waals surface area contributed by atoms with Gasteiger partial charge in [0.25, 0.3) is 0 Å². The minimum atomic E-state index is -0.200. The summed E-state index contributed by atoms with van der Waals surface area (Å²) in [5, 5.41) is 12.6. The SMILES string of the molecule is CC(C)(C)c1c2ccc(N(c3cccc4c3CCC=C4)c3cccc4ccccc34)cc2c(C(C)(C)C)c2cc(N(c3cccc4ccccc34)c3cccc4ccccc34)ccc12. The van der Waals surface area contributed by atoms with Crippen molar-refractivity contribution in [2.24, 2.45) is 0 Å². The van der Waals surface area contributed by atoms with Crippen LogP contribution in [0.15, 0.2) is 188 Å². The van der Waals surface area contributed by atoms with Crippen molar-refractivity contribution in [2.75, 3.05) is 9.80 Å². The van der Waals surface area contributed by atoms with Gasteiger partial charge in [0, 0.05) is 33.2 Å². The van der Waals surface area contributed by atoms with Gasteiger partial charge in [0.05, 0.1) is 17.1 Å². The van der Waals surface area contributed by atoms with Crippen LogP contribution in [0, 0.1) is 0 Å². The van der Waals surface area contributed by atoms with E-state index < -0.39 is 0 Å². The van der Waals surface area contributed by atoms with Gasteiger partial charge < -0.3 is 9.80 Å². The van der Waals surface area contributed by atoms with Crippen LogP contribution < -0.4 is 9.80 Å². The molecule has 0 N–H and O–H groups in total. The minimum absolute atomic E-state index is 0.138. The third kappa shape index (κ3) is 6.63. The molecule has 0 atom stereocenters. The van der Waals surface area contributed by atoms with E-state index in [1.165, 1.54) is 93.2 Å². The second-order valence-corrected chi connectivity index (χ2v) is 19.7. The molecule has 64 heavy (non-hydrogen) atoms. The van der Waals surface area contributed by atoms with Crippen LogP contribution in [-0.4, -0.2) is 0 Å². The van der Waals surface area contributed by atoms with E-state index in [2.05, 4.69) is 245 Å². The number of fused-ring (bicyclic) bond motifs is 6. The first-order chi connectivity index (χ1) is 31.0. The molecule has 10 aromatic rings. The molecule has 0 radical (unpaired) electrons. The van der Waals surface area contributed by atoms with Crippen LogP contribution >= 0.6 is 0 Å². The number of hydrogen-bond donors (Lipinski definition) is 0. The van der Waals surface area contributed by atoms with Gasteiger partial charge in [-0.05, 0) is 132 Å². The van der Waals surface area contributed by atoms with Crippen molar-refractivity contribution in [1.82, 2.24) is 0 Å². The van der Waals surface area contributed by atoms with Crippen molar-refractivity contribution >= 4 is 94.1 Å². The third-order valence-corrected chi connectivity index (χ3v) is 13.4. The zero-order chi connectivity index (χ0) is 43.7. The largest absolute Gasteiger partial charge is 0.310 e. The van der Waals surface area contributed by atoms with E-state index in [0.29, 0.717) is 0 Å². The maximum atomic E-state index is 2.55. The third-order valence-electron chi connectivity index (χ3n) is 13.4. The van der Waals surface area contributed by atoms with Crippen LogP contribution in [0.3, 0.4) is 0 Å². The van der Waals surface area contributed by atoms with Crippen LogP contribution in [0.5, 0.6) is 0 Å². The van der Waals surface area contributed by atoms with Crippen LogP contribution in [0.25, 0.3) is 59.9 Å². The average molecular weight is 827 g/mol. The first-order valence-electron chi connectivity index (χ1n) is 22.9. The molecule has 0 bridgehead atoms. The summed E-state index contributed by atoms with van der Waals surface area (Å²) in [6.07, 6.45) is 6.67. The summed E-state index contributed by atoms with van der Waals surface area (Å²) < 4.78 is 0. The highest BCUT2D eigenvalue weighted by atomic mass is 15.2. The zero-order valence-electron chi connectivity index (χ0n) is 37.8. The van der Waals surface area contributed by atoms with E-state index in [4.69, 9.17) is 0 Å². The van der Waals surface area contributed by atoms with Gasteiger partial charge in [-0.15, -0.1) is 0 Å². The summed E-state index contributed by atoms with van der Waals surface area (Å²) in [6, 6.07) is 68.0. The molecule has 10 aromatic carbocycles. The van der Waals surface area contributed by atoms with Gasteiger partial charge in [-0.2, -0.15) is 0 Å². The topological polar surface area (TPSA) is 6.48 Å². The predicted octanol–water partition coefficient (Wildman–Crippen LogP) is 17.9. The average Bonchev–Trinajstić information content (AvgIpc) is 3.30. The Balaban J connectivity index is 1.23. The number of nitrogens with zero attached hydrogens (tertiary/aromatic N) is 2. The summed E-state index contributed by atoms with van der Waals surface area (Å²) in [5.41, 5.74) is 12.2. The zero-order valence-corrected chi connectivity index (χ0v) is 37.8. The van der Waals surface area contributed by atoms with E-state index in [0.717, 1.165) is 29.9 Å². The monoisotopic (exact) mass is 826 g/mol. The van der Waals surface area contributed by atoms with Gasteiger partial charge >= 0.3 is 0 Å². The Morgan fingerprint density at radius 3 is 1.22 bits per heavy atom. The van der Waals surface area contributed by atoms with Gasteiger partial charge in [0.15, 0.2) is 0 Å². The fourth-order valence-electron chi connectivity index (χ4n) is 10.8. The summed E-state index contributed by atoms with van der Waals surface area (Å²) >= 11 is 0. The van der Waals surface area contributed by atoms with Crippen molar-refractivity contribution < 1.29 is 0 Å². The Hall–Kier alpha value is -7.16.